The number of rotatable bonds is 5. The Hall–Kier alpha value is -1.98. The van der Waals surface area contributed by atoms with Crippen LogP contribution in [0.25, 0.3) is 0 Å². The zero-order valence-corrected chi connectivity index (χ0v) is 13.7. The summed E-state index contributed by atoms with van der Waals surface area (Å²) in [5.41, 5.74) is -0.489. The van der Waals surface area contributed by atoms with E-state index in [4.69, 9.17) is 0 Å². The van der Waals surface area contributed by atoms with Gasteiger partial charge in [-0.1, -0.05) is 0 Å². The Morgan fingerprint density at radius 3 is 2.73 bits per heavy atom. The molecule has 1 aliphatic heterocycles. The summed E-state index contributed by atoms with van der Waals surface area (Å²) in [7, 11) is 0. The van der Waals surface area contributed by atoms with Gasteiger partial charge in [0.1, 0.15) is 5.78 Å². The fourth-order valence-corrected chi connectivity index (χ4v) is 2.87. The van der Waals surface area contributed by atoms with Crippen molar-refractivity contribution < 1.29 is 9.59 Å². The number of Topliss-reactive ketones (excluding diaryl/α,β-unsaturated/α-hetero) is 1. The van der Waals surface area contributed by atoms with Crippen molar-refractivity contribution in [3.63, 3.8) is 0 Å². The van der Waals surface area contributed by atoms with Crippen LogP contribution in [-0.4, -0.2) is 52.5 Å². The molecule has 1 amide bonds. The van der Waals surface area contributed by atoms with E-state index < -0.39 is 5.41 Å². The molecule has 1 fully saturated rings. The average Bonchev–Trinajstić information content (AvgIpc) is 2.88. The Bertz CT molecular complexity index is 546. The van der Waals surface area contributed by atoms with Gasteiger partial charge in [0.25, 0.3) is 0 Å². The van der Waals surface area contributed by atoms with Crippen LogP contribution < -0.4 is 4.90 Å². The molecule has 0 aliphatic carbocycles. The van der Waals surface area contributed by atoms with Crippen LogP contribution in [0.3, 0.4) is 0 Å². The van der Waals surface area contributed by atoms with E-state index in [0.29, 0.717) is 6.54 Å². The first kappa shape index (κ1) is 16.4. The highest BCUT2D eigenvalue weighted by atomic mass is 16.2. The SMILES string of the molecule is CC(=O)CN(C(=O)[C@]1(C)CCN(c2cccnn2)C1)C(C)C. The minimum atomic E-state index is -0.489. The van der Waals surface area contributed by atoms with E-state index in [0.717, 1.165) is 18.8 Å². The number of anilines is 1. The first-order valence-corrected chi connectivity index (χ1v) is 7.66. The van der Waals surface area contributed by atoms with Crippen molar-refractivity contribution in [2.24, 2.45) is 5.41 Å². The van der Waals surface area contributed by atoms with E-state index >= 15 is 0 Å². The molecule has 0 saturated carbocycles. The van der Waals surface area contributed by atoms with Crippen LogP contribution in [0.1, 0.15) is 34.1 Å². The maximum atomic E-state index is 12.9. The Morgan fingerprint density at radius 2 is 2.18 bits per heavy atom. The van der Waals surface area contributed by atoms with Crippen LogP contribution in [0.15, 0.2) is 18.3 Å². The van der Waals surface area contributed by atoms with Crippen molar-refractivity contribution >= 4 is 17.5 Å². The van der Waals surface area contributed by atoms with Crippen molar-refractivity contribution in [3.05, 3.63) is 18.3 Å². The molecule has 0 N–H and O–H groups in total. The summed E-state index contributed by atoms with van der Waals surface area (Å²) in [6, 6.07) is 3.76. The van der Waals surface area contributed by atoms with E-state index in [2.05, 4.69) is 15.1 Å². The lowest BCUT2D eigenvalue weighted by Crippen LogP contribution is -2.48. The predicted octanol–water partition coefficient (Wildman–Crippen LogP) is 1.52. The number of hydrogen-bond acceptors (Lipinski definition) is 5. The predicted molar refractivity (Wildman–Crippen MR) is 84.5 cm³/mol. The molecule has 2 rings (SSSR count). The number of ketones is 1. The minimum Gasteiger partial charge on any atom is -0.354 e. The van der Waals surface area contributed by atoms with Crippen molar-refractivity contribution in [1.82, 2.24) is 15.1 Å². The monoisotopic (exact) mass is 304 g/mol. The lowest BCUT2D eigenvalue weighted by molar-refractivity contribution is -0.144. The second-order valence-corrected chi connectivity index (χ2v) is 6.54. The smallest absolute Gasteiger partial charge is 0.230 e. The largest absolute Gasteiger partial charge is 0.354 e. The maximum absolute atomic E-state index is 12.9. The fourth-order valence-electron chi connectivity index (χ4n) is 2.87. The van der Waals surface area contributed by atoms with Crippen LogP contribution >= 0.6 is 0 Å². The molecule has 1 saturated heterocycles. The lowest BCUT2D eigenvalue weighted by Gasteiger charge is -2.34. The molecule has 2 heterocycles. The summed E-state index contributed by atoms with van der Waals surface area (Å²) in [6.07, 6.45) is 2.39. The Kier molecular flexibility index (Phi) is 4.78. The number of nitrogens with zero attached hydrogens (tertiary/aromatic N) is 4. The fraction of sp³-hybridized carbons (Fsp3) is 0.625. The summed E-state index contributed by atoms with van der Waals surface area (Å²) in [6.45, 7) is 8.93. The molecule has 1 atom stereocenters. The number of carbonyl (C=O) groups is 2. The lowest BCUT2D eigenvalue weighted by atomic mass is 9.87. The molecule has 22 heavy (non-hydrogen) atoms. The first-order chi connectivity index (χ1) is 10.3. The summed E-state index contributed by atoms with van der Waals surface area (Å²) in [5, 5.41) is 8.00. The standard InChI is InChI=1S/C16H24N4O2/c1-12(2)20(10-13(3)21)15(22)16(4)7-9-19(11-16)14-6-5-8-17-18-14/h5-6,8,12H,7,9-11H2,1-4H3/t16-/m1/s1. The Labute approximate surface area is 131 Å². The van der Waals surface area contributed by atoms with Gasteiger partial charge in [0.2, 0.25) is 5.91 Å². The topological polar surface area (TPSA) is 66.4 Å². The second-order valence-electron chi connectivity index (χ2n) is 6.54. The molecular weight excluding hydrogens is 280 g/mol. The molecule has 6 nitrogen and oxygen atoms in total. The molecule has 6 heteroatoms. The third-order valence-electron chi connectivity index (χ3n) is 4.15. The van der Waals surface area contributed by atoms with Gasteiger partial charge in [-0.25, -0.2) is 0 Å². The van der Waals surface area contributed by atoms with Gasteiger partial charge in [-0.05, 0) is 46.2 Å². The molecule has 0 aromatic carbocycles. The Morgan fingerprint density at radius 1 is 1.45 bits per heavy atom. The molecule has 0 radical (unpaired) electrons. The van der Waals surface area contributed by atoms with Crippen LogP contribution in [0.4, 0.5) is 5.82 Å². The highest BCUT2D eigenvalue weighted by Gasteiger charge is 2.43. The summed E-state index contributed by atoms with van der Waals surface area (Å²) in [5.74, 6) is 0.847. The number of hydrogen-bond donors (Lipinski definition) is 0. The van der Waals surface area contributed by atoms with E-state index in [1.54, 1.807) is 11.1 Å². The van der Waals surface area contributed by atoms with E-state index in [-0.39, 0.29) is 24.3 Å². The Balaban J connectivity index is 2.14. The van der Waals surface area contributed by atoms with Gasteiger partial charge in [-0.2, -0.15) is 5.10 Å². The molecule has 0 unspecified atom stereocenters. The van der Waals surface area contributed by atoms with E-state index in [1.807, 2.05) is 32.9 Å². The molecule has 1 aromatic rings. The molecule has 0 bridgehead atoms. The first-order valence-electron chi connectivity index (χ1n) is 7.66. The molecule has 1 aromatic heterocycles. The minimum absolute atomic E-state index is 0.00873. The normalized spacial score (nSPS) is 21.2. The van der Waals surface area contributed by atoms with Crippen molar-refractivity contribution in [2.75, 3.05) is 24.5 Å². The van der Waals surface area contributed by atoms with Crippen LogP contribution in [0.2, 0.25) is 0 Å². The third kappa shape index (κ3) is 3.43. The van der Waals surface area contributed by atoms with Crippen LogP contribution in [0.5, 0.6) is 0 Å². The molecule has 1 aliphatic rings. The van der Waals surface area contributed by atoms with Crippen LogP contribution in [0, 0.1) is 5.41 Å². The molecular formula is C16H24N4O2. The second kappa shape index (κ2) is 6.42. The summed E-state index contributed by atoms with van der Waals surface area (Å²) >= 11 is 0. The van der Waals surface area contributed by atoms with Gasteiger partial charge >= 0.3 is 0 Å². The molecule has 0 spiro atoms. The van der Waals surface area contributed by atoms with E-state index in [9.17, 15) is 9.59 Å². The molecule has 120 valence electrons. The third-order valence-corrected chi connectivity index (χ3v) is 4.15. The zero-order chi connectivity index (χ0) is 16.3. The van der Waals surface area contributed by atoms with Gasteiger partial charge in [-0.3, -0.25) is 9.59 Å². The van der Waals surface area contributed by atoms with Gasteiger partial charge in [0.05, 0.1) is 12.0 Å². The van der Waals surface area contributed by atoms with Crippen molar-refractivity contribution in [2.45, 2.75) is 40.2 Å². The van der Waals surface area contributed by atoms with Crippen molar-refractivity contribution in [1.29, 1.82) is 0 Å². The van der Waals surface area contributed by atoms with Gasteiger partial charge in [0, 0.05) is 25.3 Å². The highest BCUT2D eigenvalue weighted by Crippen LogP contribution is 2.34. The maximum Gasteiger partial charge on any atom is 0.230 e. The van der Waals surface area contributed by atoms with Crippen molar-refractivity contribution in [3.8, 4) is 0 Å². The zero-order valence-electron chi connectivity index (χ0n) is 13.7. The van der Waals surface area contributed by atoms with Gasteiger partial charge < -0.3 is 9.80 Å². The number of carbonyl (C=O) groups excluding carboxylic acids is 2. The van der Waals surface area contributed by atoms with E-state index in [1.165, 1.54) is 6.92 Å². The van der Waals surface area contributed by atoms with Crippen LogP contribution in [-0.2, 0) is 9.59 Å². The van der Waals surface area contributed by atoms with Gasteiger partial charge in [0.15, 0.2) is 5.82 Å². The quantitative estimate of drug-likeness (QED) is 0.825. The highest BCUT2D eigenvalue weighted by molar-refractivity contribution is 5.88. The number of aromatic nitrogens is 2. The number of amides is 1. The average molecular weight is 304 g/mol. The summed E-state index contributed by atoms with van der Waals surface area (Å²) in [4.78, 5) is 28.1. The van der Waals surface area contributed by atoms with Gasteiger partial charge in [-0.15, -0.1) is 5.10 Å². The summed E-state index contributed by atoms with van der Waals surface area (Å²) < 4.78 is 0.